The molecule has 2 aromatic carbocycles. The Morgan fingerprint density at radius 3 is 2.52 bits per heavy atom. The van der Waals surface area contributed by atoms with Crippen LogP contribution in [0.3, 0.4) is 0 Å². The van der Waals surface area contributed by atoms with Crippen LogP contribution in [0.15, 0.2) is 36.4 Å². The molecular weight excluding hydrogens is 375 g/mol. The predicted octanol–water partition coefficient (Wildman–Crippen LogP) is 4.31. The number of rotatable bonds is 6. The van der Waals surface area contributed by atoms with Crippen molar-refractivity contribution in [3.8, 4) is 0 Å². The number of carbonyl (C=O) groups is 1. The van der Waals surface area contributed by atoms with E-state index in [1.807, 2.05) is 19.0 Å². The Hall–Kier alpha value is -2.45. The van der Waals surface area contributed by atoms with Gasteiger partial charge in [0.25, 0.3) is 5.91 Å². The number of aromatic nitrogens is 1. The number of hydrogen-bond donors (Lipinski definition) is 0. The lowest BCUT2D eigenvalue weighted by atomic mass is 10.2. The molecule has 0 unspecified atom stereocenters. The highest BCUT2D eigenvalue weighted by Gasteiger charge is 2.24. The Kier molecular flexibility index (Phi) is 5.76. The monoisotopic (exact) mass is 393 g/mol. The first kappa shape index (κ1) is 19.3. The van der Waals surface area contributed by atoms with Crippen LogP contribution >= 0.6 is 11.3 Å². The summed E-state index contributed by atoms with van der Waals surface area (Å²) in [7, 11) is 3.80. The zero-order chi connectivity index (χ0) is 19.6. The maximum Gasteiger partial charge on any atom is 0.263 e. The van der Waals surface area contributed by atoms with Crippen LogP contribution in [-0.2, 0) is 0 Å². The minimum absolute atomic E-state index is 0.00431. The largest absolute Gasteiger partial charge is 0.309 e. The molecule has 1 heterocycles. The summed E-state index contributed by atoms with van der Waals surface area (Å²) in [5.74, 6) is -2.71. The van der Waals surface area contributed by atoms with Gasteiger partial charge in [-0.05, 0) is 45.3 Å². The zero-order valence-electron chi connectivity index (χ0n) is 14.9. The van der Waals surface area contributed by atoms with Gasteiger partial charge in [0.2, 0.25) is 0 Å². The fourth-order valence-electron chi connectivity index (χ4n) is 2.67. The van der Waals surface area contributed by atoms with Crippen LogP contribution in [0, 0.1) is 17.5 Å². The lowest BCUT2D eigenvalue weighted by Gasteiger charge is -2.21. The summed E-state index contributed by atoms with van der Waals surface area (Å²) < 4.78 is 41.9. The molecule has 0 saturated heterocycles. The molecule has 142 valence electrons. The van der Waals surface area contributed by atoms with Crippen LogP contribution in [0.4, 0.5) is 18.3 Å². The summed E-state index contributed by atoms with van der Waals surface area (Å²) in [5, 5.41) is 0.210. The first-order valence-corrected chi connectivity index (χ1v) is 9.15. The predicted molar refractivity (Wildman–Crippen MR) is 101 cm³/mol. The standard InChI is InChI=1S/C19H18F3N3OS/c1-24(2)8-5-9-25(18(26)13-6-3-4-7-14(13)21)19-23-17-15(22)10-12(20)11-16(17)27-19/h3-4,6-7,10-11H,5,8-9H2,1-2H3. The van der Waals surface area contributed by atoms with Crippen molar-refractivity contribution in [2.45, 2.75) is 6.42 Å². The minimum atomic E-state index is -0.793. The van der Waals surface area contributed by atoms with Crippen molar-refractivity contribution in [1.29, 1.82) is 0 Å². The highest BCUT2D eigenvalue weighted by Crippen LogP contribution is 2.32. The summed E-state index contributed by atoms with van der Waals surface area (Å²) in [6.45, 7) is 0.976. The second kappa shape index (κ2) is 8.06. The Bertz CT molecular complexity index is 974. The quantitative estimate of drug-likeness (QED) is 0.626. The van der Waals surface area contributed by atoms with E-state index in [2.05, 4.69) is 4.98 Å². The summed E-state index contributed by atoms with van der Waals surface area (Å²) in [5.41, 5.74) is -0.0939. The number of nitrogens with zero attached hydrogens (tertiary/aromatic N) is 3. The number of benzene rings is 2. The first-order chi connectivity index (χ1) is 12.9. The molecule has 0 spiro atoms. The number of anilines is 1. The second-order valence-electron chi connectivity index (χ2n) is 6.32. The number of amides is 1. The molecule has 0 radical (unpaired) electrons. The van der Waals surface area contributed by atoms with Gasteiger partial charge < -0.3 is 4.90 Å². The van der Waals surface area contributed by atoms with Crippen LogP contribution in [0.2, 0.25) is 0 Å². The molecule has 3 rings (SSSR count). The molecule has 1 aromatic heterocycles. The van der Waals surface area contributed by atoms with E-state index in [0.717, 1.165) is 17.4 Å². The van der Waals surface area contributed by atoms with Crippen molar-refractivity contribution in [1.82, 2.24) is 9.88 Å². The minimum Gasteiger partial charge on any atom is -0.309 e. The van der Waals surface area contributed by atoms with Crippen molar-refractivity contribution in [2.24, 2.45) is 0 Å². The normalized spacial score (nSPS) is 11.3. The highest BCUT2D eigenvalue weighted by molar-refractivity contribution is 7.22. The van der Waals surface area contributed by atoms with Gasteiger partial charge >= 0.3 is 0 Å². The topological polar surface area (TPSA) is 36.4 Å². The highest BCUT2D eigenvalue weighted by atomic mass is 32.1. The fourth-order valence-corrected chi connectivity index (χ4v) is 3.70. The summed E-state index contributed by atoms with van der Waals surface area (Å²) in [6.07, 6.45) is 0.611. The van der Waals surface area contributed by atoms with Gasteiger partial charge in [0.05, 0.1) is 10.3 Å². The van der Waals surface area contributed by atoms with Crippen molar-refractivity contribution < 1.29 is 18.0 Å². The van der Waals surface area contributed by atoms with Crippen LogP contribution in [0.25, 0.3) is 10.2 Å². The molecule has 1 amide bonds. The molecule has 0 fully saturated rings. The maximum atomic E-state index is 14.1. The smallest absolute Gasteiger partial charge is 0.263 e. The van der Waals surface area contributed by atoms with Crippen LogP contribution < -0.4 is 4.90 Å². The molecule has 0 atom stereocenters. The van der Waals surface area contributed by atoms with Crippen LogP contribution in [0.5, 0.6) is 0 Å². The summed E-state index contributed by atoms with van der Waals surface area (Å²) >= 11 is 0.999. The second-order valence-corrected chi connectivity index (χ2v) is 7.33. The third-order valence-electron chi connectivity index (χ3n) is 3.97. The zero-order valence-corrected chi connectivity index (χ0v) is 15.7. The number of carbonyl (C=O) groups excluding carboxylic acids is 1. The Balaban J connectivity index is 2.00. The lowest BCUT2D eigenvalue weighted by Crippen LogP contribution is -2.34. The summed E-state index contributed by atoms with van der Waals surface area (Å²) in [6, 6.07) is 7.59. The van der Waals surface area contributed by atoms with E-state index in [0.29, 0.717) is 17.7 Å². The van der Waals surface area contributed by atoms with E-state index in [9.17, 15) is 18.0 Å². The van der Waals surface area contributed by atoms with Crippen molar-refractivity contribution in [3.05, 3.63) is 59.4 Å². The molecule has 3 aromatic rings. The Morgan fingerprint density at radius 1 is 1.07 bits per heavy atom. The van der Waals surface area contributed by atoms with Gasteiger partial charge in [-0.2, -0.15) is 0 Å². The number of fused-ring (bicyclic) bond motifs is 1. The molecular formula is C19H18F3N3OS. The van der Waals surface area contributed by atoms with E-state index in [-0.39, 0.29) is 22.8 Å². The summed E-state index contributed by atoms with van der Waals surface area (Å²) in [4.78, 5) is 20.4. The van der Waals surface area contributed by atoms with E-state index in [1.54, 1.807) is 6.07 Å². The SMILES string of the molecule is CN(C)CCCN(C(=O)c1ccccc1F)c1nc2c(F)cc(F)cc2s1. The lowest BCUT2D eigenvalue weighted by molar-refractivity contribution is 0.0982. The molecule has 0 aliphatic rings. The van der Waals surface area contributed by atoms with Crippen molar-refractivity contribution in [3.63, 3.8) is 0 Å². The molecule has 0 saturated carbocycles. The molecule has 27 heavy (non-hydrogen) atoms. The average Bonchev–Trinajstić information content (AvgIpc) is 3.02. The number of hydrogen-bond acceptors (Lipinski definition) is 4. The van der Waals surface area contributed by atoms with Gasteiger partial charge in [-0.15, -0.1) is 0 Å². The Morgan fingerprint density at radius 2 is 1.81 bits per heavy atom. The fraction of sp³-hybridized carbons (Fsp3) is 0.263. The molecule has 0 aliphatic carbocycles. The van der Waals surface area contributed by atoms with Crippen LogP contribution in [0.1, 0.15) is 16.8 Å². The third kappa shape index (κ3) is 4.28. The average molecular weight is 393 g/mol. The molecule has 8 heteroatoms. The van der Waals surface area contributed by atoms with E-state index >= 15 is 0 Å². The van der Waals surface area contributed by atoms with Gasteiger partial charge in [0.1, 0.15) is 17.2 Å². The van der Waals surface area contributed by atoms with E-state index in [4.69, 9.17) is 0 Å². The van der Waals surface area contributed by atoms with Gasteiger partial charge in [0.15, 0.2) is 10.9 Å². The van der Waals surface area contributed by atoms with Crippen molar-refractivity contribution >= 4 is 32.6 Å². The van der Waals surface area contributed by atoms with Crippen LogP contribution in [-0.4, -0.2) is 43.0 Å². The van der Waals surface area contributed by atoms with Gasteiger partial charge in [-0.3, -0.25) is 9.69 Å². The maximum absolute atomic E-state index is 14.1. The number of thiazole rings is 1. The van der Waals surface area contributed by atoms with Crippen molar-refractivity contribution in [2.75, 3.05) is 32.1 Å². The van der Waals surface area contributed by atoms with E-state index < -0.39 is 23.4 Å². The first-order valence-electron chi connectivity index (χ1n) is 8.33. The molecule has 0 bridgehead atoms. The molecule has 4 nitrogen and oxygen atoms in total. The van der Waals surface area contributed by atoms with Gasteiger partial charge in [-0.1, -0.05) is 23.5 Å². The third-order valence-corrected chi connectivity index (χ3v) is 4.99. The van der Waals surface area contributed by atoms with Gasteiger partial charge in [-0.25, -0.2) is 18.2 Å². The molecule has 0 N–H and O–H groups in total. The van der Waals surface area contributed by atoms with E-state index in [1.165, 1.54) is 29.2 Å². The van der Waals surface area contributed by atoms with Gasteiger partial charge in [0, 0.05) is 12.6 Å². The number of halogens is 3. The Labute approximate surface area is 158 Å². The molecule has 0 aliphatic heterocycles.